The first-order valence-electron chi connectivity index (χ1n) is 6.70. The van der Waals surface area contributed by atoms with Crippen LogP contribution in [0.2, 0.25) is 0 Å². The summed E-state index contributed by atoms with van der Waals surface area (Å²) in [4.78, 5) is 0. The molecule has 3 unspecified atom stereocenters. The van der Waals surface area contributed by atoms with E-state index in [1.54, 1.807) is 0 Å². The van der Waals surface area contributed by atoms with Gasteiger partial charge in [-0.3, -0.25) is 0 Å². The zero-order chi connectivity index (χ0) is 11.1. The molecule has 0 aliphatic heterocycles. The van der Waals surface area contributed by atoms with Crippen molar-refractivity contribution in [3.63, 3.8) is 0 Å². The van der Waals surface area contributed by atoms with E-state index in [4.69, 9.17) is 0 Å². The average Bonchev–Trinajstić information content (AvgIpc) is 2.62. The van der Waals surface area contributed by atoms with E-state index in [1.807, 2.05) is 0 Å². The molecule has 2 aliphatic carbocycles. The van der Waals surface area contributed by atoms with E-state index in [1.165, 1.54) is 32.1 Å². The van der Waals surface area contributed by atoms with Crippen LogP contribution >= 0.6 is 0 Å². The van der Waals surface area contributed by atoms with Gasteiger partial charge in [-0.2, -0.15) is 0 Å². The van der Waals surface area contributed by atoms with Crippen LogP contribution in [0, 0.1) is 23.2 Å². The zero-order valence-corrected chi connectivity index (χ0v) is 10.8. The maximum atomic E-state index is 3.57. The van der Waals surface area contributed by atoms with Crippen LogP contribution in [0.5, 0.6) is 0 Å². The van der Waals surface area contributed by atoms with Crippen LogP contribution in [-0.4, -0.2) is 13.1 Å². The highest BCUT2D eigenvalue weighted by Gasteiger charge is 2.55. The van der Waals surface area contributed by atoms with E-state index < -0.39 is 0 Å². The van der Waals surface area contributed by atoms with Gasteiger partial charge in [0.2, 0.25) is 0 Å². The van der Waals surface area contributed by atoms with Gasteiger partial charge in [0.1, 0.15) is 0 Å². The van der Waals surface area contributed by atoms with Gasteiger partial charge in [-0.05, 0) is 55.9 Å². The molecule has 15 heavy (non-hydrogen) atoms. The molecule has 2 saturated carbocycles. The molecule has 88 valence electrons. The van der Waals surface area contributed by atoms with Crippen molar-refractivity contribution in [1.82, 2.24) is 5.32 Å². The summed E-state index contributed by atoms with van der Waals surface area (Å²) in [5, 5.41) is 3.57. The lowest BCUT2D eigenvalue weighted by atomic mass is 9.87. The summed E-state index contributed by atoms with van der Waals surface area (Å²) in [7, 11) is 2.15. The molecule has 0 heterocycles. The fraction of sp³-hybridized carbons (Fsp3) is 1.00. The van der Waals surface area contributed by atoms with Gasteiger partial charge < -0.3 is 5.32 Å². The highest BCUT2D eigenvalue weighted by atomic mass is 14.9. The Hall–Kier alpha value is -0.0400. The van der Waals surface area contributed by atoms with Crippen LogP contribution in [-0.2, 0) is 0 Å². The number of hydrogen-bond acceptors (Lipinski definition) is 1. The lowest BCUT2D eigenvalue weighted by Crippen LogP contribution is -2.30. The molecule has 1 nitrogen and oxygen atoms in total. The SMILES string of the molecule is CNC(CCC(C)(C)C)C1C2CCCC21. The Balaban J connectivity index is 1.79. The Morgan fingerprint density at radius 1 is 1.20 bits per heavy atom. The summed E-state index contributed by atoms with van der Waals surface area (Å²) in [5.74, 6) is 3.23. The lowest BCUT2D eigenvalue weighted by molar-refractivity contribution is 0.309. The predicted molar refractivity (Wildman–Crippen MR) is 65.9 cm³/mol. The second-order valence-electron chi connectivity index (χ2n) is 6.83. The largest absolute Gasteiger partial charge is 0.317 e. The third kappa shape index (κ3) is 2.55. The Morgan fingerprint density at radius 3 is 2.27 bits per heavy atom. The molecule has 0 aromatic heterocycles. The van der Waals surface area contributed by atoms with Crippen LogP contribution in [0.3, 0.4) is 0 Å². The third-order valence-electron chi connectivity index (χ3n) is 4.51. The van der Waals surface area contributed by atoms with Gasteiger partial charge in [-0.25, -0.2) is 0 Å². The second-order valence-corrected chi connectivity index (χ2v) is 6.83. The summed E-state index contributed by atoms with van der Waals surface area (Å²) >= 11 is 0. The summed E-state index contributed by atoms with van der Waals surface area (Å²) in [6.45, 7) is 7.06. The predicted octanol–water partition coefficient (Wildman–Crippen LogP) is 3.45. The fourth-order valence-electron chi connectivity index (χ4n) is 3.59. The van der Waals surface area contributed by atoms with Gasteiger partial charge in [0.15, 0.2) is 0 Å². The second kappa shape index (κ2) is 4.08. The molecule has 0 radical (unpaired) electrons. The standard InChI is InChI=1S/C14H27N/c1-14(2,3)9-8-12(15-4)13-10-6-5-7-11(10)13/h10-13,15H,5-9H2,1-4H3. The molecule has 2 aliphatic rings. The van der Waals surface area contributed by atoms with Gasteiger partial charge in [-0.15, -0.1) is 0 Å². The molecule has 0 aromatic carbocycles. The van der Waals surface area contributed by atoms with Gasteiger partial charge in [0, 0.05) is 6.04 Å². The molecule has 0 bridgehead atoms. The molecule has 2 rings (SSSR count). The monoisotopic (exact) mass is 209 g/mol. The number of hydrogen-bond donors (Lipinski definition) is 1. The molecule has 1 N–H and O–H groups in total. The summed E-state index contributed by atoms with van der Waals surface area (Å²) in [5.41, 5.74) is 0.499. The molecule has 3 atom stereocenters. The quantitative estimate of drug-likeness (QED) is 0.748. The first kappa shape index (κ1) is 11.4. The third-order valence-corrected chi connectivity index (χ3v) is 4.51. The van der Waals surface area contributed by atoms with Gasteiger partial charge >= 0.3 is 0 Å². The molecule has 0 aromatic rings. The van der Waals surface area contributed by atoms with Crippen LogP contribution < -0.4 is 5.32 Å². The molecule has 0 spiro atoms. The van der Waals surface area contributed by atoms with Crippen molar-refractivity contribution in [2.45, 2.75) is 58.9 Å². The zero-order valence-electron chi connectivity index (χ0n) is 10.8. The Labute approximate surface area is 95.0 Å². The number of fused-ring (bicyclic) bond motifs is 1. The molecular formula is C14H27N. The highest BCUT2D eigenvalue weighted by molar-refractivity contribution is 5.06. The first-order chi connectivity index (χ1) is 7.03. The van der Waals surface area contributed by atoms with E-state index in [-0.39, 0.29) is 0 Å². The van der Waals surface area contributed by atoms with Crippen molar-refractivity contribution in [2.75, 3.05) is 7.05 Å². The van der Waals surface area contributed by atoms with E-state index in [2.05, 4.69) is 33.1 Å². The lowest BCUT2D eigenvalue weighted by Gasteiger charge is -2.24. The highest BCUT2D eigenvalue weighted by Crippen LogP contribution is 2.59. The Kier molecular flexibility index (Phi) is 3.12. The minimum Gasteiger partial charge on any atom is -0.317 e. The summed E-state index contributed by atoms with van der Waals surface area (Å²) < 4.78 is 0. The molecule has 1 heteroatoms. The first-order valence-corrected chi connectivity index (χ1v) is 6.70. The molecule has 2 fully saturated rings. The maximum Gasteiger partial charge on any atom is 0.00980 e. The number of nitrogens with one attached hydrogen (secondary N) is 1. The van der Waals surface area contributed by atoms with Crippen molar-refractivity contribution >= 4 is 0 Å². The summed E-state index contributed by atoms with van der Waals surface area (Å²) in [6, 6.07) is 0.805. The molecule has 0 amide bonds. The van der Waals surface area contributed by atoms with Gasteiger partial charge in [0.25, 0.3) is 0 Å². The minimum absolute atomic E-state index is 0.499. The van der Waals surface area contributed by atoms with Gasteiger partial charge in [0.05, 0.1) is 0 Å². The summed E-state index contributed by atoms with van der Waals surface area (Å²) in [6.07, 6.45) is 7.26. The fourth-order valence-corrected chi connectivity index (χ4v) is 3.59. The van der Waals surface area contributed by atoms with E-state index in [0.29, 0.717) is 5.41 Å². The van der Waals surface area contributed by atoms with Crippen molar-refractivity contribution in [2.24, 2.45) is 23.2 Å². The van der Waals surface area contributed by atoms with Crippen molar-refractivity contribution in [1.29, 1.82) is 0 Å². The van der Waals surface area contributed by atoms with E-state index in [0.717, 1.165) is 23.8 Å². The van der Waals surface area contributed by atoms with Crippen molar-refractivity contribution in [3.8, 4) is 0 Å². The average molecular weight is 209 g/mol. The normalized spacial score (nSPS) is 36.4. The minimum atomic E-state index is 0.499. The molecule has 0 saturated heterocycles. The van der Waals surface area contributed by atoms with Crippen LogP contribution in [0.4, 0.5) is 0 Å². The van der Waals surface area contributed by atoms with Crippen molar-refractivity contribution in [3.05, 3.63) is 0 Å². The van der Waals surface area contributed by atoms with Gasteiger partial charge in [-0.1, -0.05) is 27.2 Å². The topological polar surface area (TPSA) is 12.0 Å². The number of rotatable bonds is 4. The van der Waals surface area contributed by atoms with E-state index >= 15 is 0 Å². The maximum absolute atomic E-state index is 3.57. The van der Waals surface area contributed by atoms with Crippen LogP contribution in [0.25, 0.3) is 0 Å². The Bertz CT molecular complexity index is 206. The smallest absolute Gasteiger partial charge is 0.00980 e. The van der Waals surface area contributed by atoms with E-state index in [9.17, 15) is 0 Å². The Morgan fingerprint density at radius 2 is 1.80 bits per heavy atom. The van der Waals surface area contributed by atoms with Crippen LogP contribution in [0.1, 0.15) is 52.9 Å². The molecular weight excluding hydrogens is 182 g/mol. The van der Waals surface area contributed by atoms with Crippen molar-refractivity contribution < 1.29 is 0 Å². The van der Waals surface area contributed by atoms with Crippen LogP contribution in [0.15, 0.2) is 0 Å².